The second-order valence-electron chi connectivity index (χ2n) is 3.64. The SMILES string of the molecule is Cc1nc(CNC(=O)N[C@@H](C)C(=O)O)oc1C. The van der Waals surface area contributed by atoms with E-state index in [4.69, 9.17) is 9.52 Å². The Morgan fingerprint density at radius 1 is 1.47 bits per heavy atom. The molecule has 1 atom stereocenters. The molecular formula is C10H15N3O4. The molecule has 7 nitrogen and oxygen atoms in total. The van der Waals surface area contributed by atoms with Gasteiger partial charge in [-0.3, -0.25) is 4.79 Å². The highest BCUT2D eigenvalue weighted by molar-refractivity contribution is 5.81. The monoisotopic (exact) mass is 241 g/mol. The molecule has 1 aromatic heterocycles. The summed E-state index contributed by atoms with van der Waals surface area (Å²) in [7, 11) is 0. The van der Waals surface area contributed by atoms with Crippen LogP contribution in [-0.2, 0) is 11.3 Å². The van der Waals surface area contributed by atoms with E-state index < -0.39 is 18.0 Å². The summed E-state index contributed by atoms with van der Waals surface area (Å²) in [5.41, 5.74) is 0.765. The fraction of sp³-hybridized carbons (Fsp3) is 0.500. The van der Waals surface area contributed by atoms with Gasteiger partial charge in [-0.25, -0.2) is 9.78 Å². The number of carbonyl (C=O) groups is 2. The Bertz CT molecular complexity index is 408. The molecule has 0 unspecified atom stereocenters. The first-order valence-corrected chi connectivity index (χ1v) is 5.10. The Labute approximate surface area is 98.2 Å². The zero-order chi connectivity index (χ0) is 13.0. The van der Waals surface area contributed by atoms with Gasteiger partial charge in [-0.15, -0.1) is 0 Å². The summed E-state index contributed by atoms with van der Waals surface area (Å²) < 4.78 is 5.25. The zero-order valence-electron chi connectivity index (χ0n) is 9.90. The van der Waals surface area contributed by atoms with Gasteiger partial charge in [0.15, 0.2) is 0 Å². The van der Waals surface area contributed by atoms with E-state index in [0.717, 1.165) is 5.69 Å². The molecule has 94 valence electrons. The van der Waals surface area contributed by atoms with E-state index in [1.54, 1.807) is 13.8 Å². The van der Waals surface area contributed by atoms with E-state index in [0.29, 0.717) is 11.7 Å². The molecule has 0 aliphatic heterocycles. The fourth-order valence-corrected chi connectivity index (χ4v) is 1.08. The Balaban J connectivity index is 2.40. The lowest BCUT2D eigenvalue weighted by molar-refractivity contribution is -0.138. The van der Waals surface area contributed by atoms with Gasteiger partial charge >= 0.3 is 12.0 Å². The van der Waals surface area contributed by atoms with Crippen molar-refractivity contribution in [2.24, 2.45) is 0 Å². The molecule has 3 N–H and O–H groups in total. The van der Waals surface area contributed by atoms with Crippen molar-refractivity contribution in [2.75, 3.05) is 0 Å². The van der Waals surface area contributed by atoms with E-state index in [-0.39, 0.29) is 6.54 Å². The topological polar surface area (TPSA) is 104 Å². The lowest BCUT2D eigenvalue weighted by Crippen LogP contribution is -2.44. The number of hydrogen-bond donors (Lipinski definition) is 3. The number of aliphatic carboxylic acids is 1. The van der Waals surface area contributed by atoms with Crippen LogP contribution in [0.1, 0.15) is 24.3 Å². The maximum Gasteiger partial charge on any atom is 0.325 e. The van der Waals surface area contributed by atoms with Crippen LogP contribution in [0.2, 0.25) is 0 Å². The van der Waals surface area contributed by atoms with Crippen molar-refractivity contribution in [3.05, 3.63) is 17.3 Å². The number of hydrogen-bond acceptors (Lipinski definition) is 4. The van der Waals surface area contributed by atoms with Gasteiger partial charge in [0, 0.05) is 0 Å². The van der Waals surface area contributed by atoms with Gasteiger partial charge in [0.05, 0.1) is 12.2 Å². The van der Waals surface area contributed by atoms with Gasteiger partial charge < -0.3 is 20.2 Å². The van der Waals surface area contributed by atoms with Crippen LogP contribution in [0.4, 0.5) is 4.79 Å². The molecule has 0 spiro atoms. The van der Waals surface area contributed by atoms with Gasteiger partial charge in [-0.2, -0.15) is 0 Å². The maximum absolute atomic E-state index is 11.3. The highest BCUT2D eigenvalue weighted by Crippen LogP contribution is 2.07. The first-order chi connectivity index (χ1) is 7.90. The van der Waals surface area contributed by atoms with Crippen molar-refractivity contribution in [1.29, 1.82) is 0 Å². The van der Waals surface area contributed by atoms with Crippen LogP contribution in [0.25, 0.3) is 0 Å². The van der Waals surface area contributed by atoms with Crippen molar-refractivity contribution < 1.29 is 19.1 Å². The van der Waals surface area contributed by atoms with E-state index >= 15 is 0 Å². The Kier molecular flexibility index (Phi) is 4.08. The van der Waals surface area contributed by atoms with Gasteiger partial charge in [0.1, 0.15) is 11.8 Å². The van der Waals surface area contributed by atoms with Gasteiger partial charge in [-0.1, -0.05) is 0 Å². The third-order valence-corrected chi connectivity index (χ3v) is 2.19. The fourth-order valence-electron chi connectivity index (χ4n) is 1.08. The molecule has 7 heteroatoms. The predicted octanol–water partition coefficient (Wildman–Crippen LogP) is 0.564. The van der Waals surface area contributed by atoms with Crippen LogP contribution >= 0.6 is 0 Å². The number of carboxylic acid groups (broad SMARTS) is 1. The molecule has 0 bridgehead atoms. The number of amides is 2. The van der Waals surface area contributed by atoms with Crippen molar-refractivity contribution in [2.45, 2.75) is 33.4 Å². The summed E-state index contributed by atoms with van der Waals surface area (Å²) in [6, 6.07) is -1.52. The average molecular weight is 241 g/mol. The number of oxazole rings is 1. The number of carboxylic acids is 1. The van der Waals surface area contributed by atoms with E-state index in [9.17, 15) is 9.59 Å². The quantitative estimate of drug-likeness (QED) is 0.714. The molecule has 1 aromatic rings. The van der Waals surface area contributed by atoms with Crippen LogP contribution in [0.15, 0.2) is 4.42 Å². The normalized spacial score (nSPS) is 11.9. The molecule has 0 fully saturated rings. The van der Waals surface area contributed by atoms with Gasteiger partial charge in [-0.05, 0) is 20.8 Å². The third kappa shape index (κ3) is 3.78. The zero-order valence-corrected chi connectivity index (χ0v) is 9.90. The van der Waals surface area contributed by atoms with E-state index in [1.165, 1.54) is 6.92 Å². The number of aryl methyl sites for hydroxylation is 2. The average Bonchev–Trinajstić information content (AvgIpc) is 2.55. The molecule has 1 heterocycles. The van der Waals surface area contributed by atoms with Crippen molar-refractivity contribution in [3.8, 4) is 0 Å². The smallest absolute Gasteiger partial charge is 0.325 e. The lowest BCUT2D eigenvalue weighted by atomic mass is 10.3. The number of urea groups is 1. The van der Waals surface area contributed by atoms with E-state index in [1.807, 2.05) is 0 Å². The molecule has 1 rings (SSSR count). The number of carbonyl (C=O) groups excluding carboxylic acids is 1. The first-order valence-electron chi connectivity index (χ1n) is 5.10. The molecule has 0 aliphatic carbocycles. The van der Waals surface area contributed by atoms with Crippen LogP contribution < -0.4 is 10.6 Å². The van der Waals surface area contributed by atoms with Crippen LogP contribution in [0.3, 0.4) is 0 Å². The van der Waals surface area contributed by atoms with Gasteiger partial charge in [0.25, 0.3) is 0 Å². The summed E-state index contributed by atoms with van der Waals surface area (Å²) in [5.74, 6) is -0.0118. The summed E-state index contributed by atoms with van der Waals surface area (Å²) in [6.45, 7) is 5.07. The molecule has 0 aliphatic rings. The summed E-state index contributed by atoms with van der Waals surface area (Å²) in [4.78, 5) is 25.8. The van der Waals surface area contributed by atoms with Crippen molar-refractivity contribution in [3.63, 3.8) is 0 Å². The maximum atomic E-state index is 11.3. The Morgan fingerprint density at radius 2 is 2.12 bits per heavy atom. The largest absolute Gasteiger partial charge is 0.480 e. The highest BCUT2D eigenvalue weighted by Gasteiger charge is 2.14. The van der Waals surface area contributed by atoms with Crippen LogP contribution in [0, 0.1) is 13.8 Å². The second kappa shape index (κ2) is 5.33. The number of nitrogens with one attached hydrogen (secondary N) is 2. The third-order valence-electron chi connectivity index (χ3n) is 2.19. The molecule has 0 radical (unpaired) electrons. The molecule has 0 saturated heterocycles. The number of aromatic nitrogens is 1. The number of rotatable bonds is 4. The molecule has 2 amide bonds. The van der Waals surface area contributed by atoms with Crippen LogP contribution in [0.5, 0.6) is 0 Å². The van der Waals surface area contributed by atoms with Crippen LogP contribution in [-0.4, -0.2) is 28.1 Å². The molecular weight excluding hydrogens is 226 g/mol. The van der Waals surface area contributed by atoms with Gasteiger partial charge in [0.2, 0.25) is 5.89 Å². The second-order valence-corrected chi connectivity index (χ2v) is 3.64. The molecule has 17 heavy (non-hydrogen) atoms. The lowest BCUT2D eigenvalue weighted by Gasteiger charge is -2.09. The summed E-state index contributed by atoms with van der Waals surface area (Å²) in [6.07, 6.45) is 0. The standard InChI is InChI=1S/C10H15N3O4/c1-5-7(3)17-8(12-5)4-11-10(16)13-6(2)9(14)15/h6H,4H2,1-3H3,(H,14,15)(H2,11,13,16)/t6-/m0/s1. The molecule has 0 saturated carbocycles. The first kappa shape index (κ1) is 13.0. The number of nitrogens with zero attached hydrogens (tertiary/aromatic N) is 1. The minimum Gasteiger partial charge on any atom is -0.480 e. The van der Waals surface area contributed by atoms with Crippen molar-refractivity contribution >= 4 is 12.0 Å². The Hall–Kier alpha value is -2.05. The summed E-state index contributed by atoms with van der Waals surface area (Å²) in [5, 5.41) is 13.3. The molecule has 0 aromatic carbocycles. The minimum atomic E-state index is -1.09. The predicted molar refractivity (Wildman–Crippen MR) is 58.4 cm³/mol. The van der Waals surface area contributed by atoms with Crippen molar-refractivity contribution in [1.82, 2.24) is 15.6 Å². The minimum absolute atomic E-state index is 0.118. The summed E-state index contributed by atoms with van der Waals surface area (Å²) >= 11 is 0. The highest BCUT2D eigenvalue weighted by atomic mass is 16.4. The Morgan fingerprint density at radius 3 is 2.59 bits per heavy atom. The van der Waals surface area contributed by atoms with E-state index in [2.05, 4.69) is 15.6 Å².